The molecular weight excluding hydrogens is 374 g/mol. The van der Waals surface area contributed by atoms with Crippen molar-refractivity contribution < 1.29 is 23.5 Å². The van der Waals surface area contributed by atoms with Crippen LogP contribution in [0, 0.1) is 0 Å². The number of aliphatic carboxylic acids is 1. The summed E-state index contributed by atoms with van der Waals surface area (Å²) in [5.74, 6) is -4.12. The highest BCUT2D eigenvalue weighted by Gasteiger charge is 2.31. The van der Waals surface area contributed by atoms with E-state index in [0.29, 0.717) is 53.0 Å². The number of carboxylic acids is 1. The second-order valence-corrected chi connectivity index (χ2v) is 7.11. The Labute approximate surface area is 159 Å². The second-order valence-electron chi connectivity index (χ2n) is 6.05. The molecule has 0 saturated carbocycles. The minimum Gasteiger partial charge on any atom is -0.548 e. The predicted molar refractivity (Wildman–Crippen MR) is 97.1 cm³/mol. The van der Waals surface area contributed by atoms with E-state index in [1.807, 2.05) is 0 Å². The molecule has 0 unspecified atom stereocenters. The van der Waals surface area contributed by atoms with Crippen LogP contribution in [0.1, 0.15) is 23.2 Å². The van der Waals surface area contributed by atoms with Gasteiger partial charge < -0.3 is 20.1 Å². The number of para-hydroxylation sites is 1. The van der Waals surface area contributed by atoms with Gasteiger partial charge in [0.1, 0.15) is 0 Å². The third-order valence-electron chi connectivity index (χ3n) is 4.30. The van der Waals surface area contributed by atoms with Crippen LogP contribution in [0.5, 0.6) is 0 Å². The first-order valence-corrected chi connectivity index (χ1v) is 9.26. The zero-order valence-corrected chi connectivity index (χ0v) is 15.0. The van der Waals surface area contributed by atoms with E-state index in [1.54, 1.807) is 48.5 Å². The summed E-state index contributed by atoms with van der Waals surface area (Å²) in [6.45, 7) is 0.366. The molecule has 0 spiro atoms. The van der Waals surface area contributed by atoms with E-state index < -0.39 is 17.8 Å². The molecule has 1 aliphatic rings. The summed E-state index contributed by atoms with van der Waals surface area (Å²) in [6, 6.07) is 12.3. The number of carbonyl (C=O) groups excluding carboxylic acids is 2. The first-order chi connectivity index (χ1) is 13.0. The second kappa shape index (κ2) is 8.39. The number of anilines is 2. The zero-order chi connectivity index (χ0) is 19.4. The standard InChI is InChI=1S/C19H18F2N2O3S/c20-19(21)27-13-9-7-12(8-10-13)22-15-5-2-1-4-14(15)17(24)23-11-3-6-16(23)18(25)26/h1-2,4-5,7-10,16,19,22H,3,6,11H2,(H,25,26)/p-1/t16-/m1/s1. The summed E-state index contributed by atoms with van der Waals surface area (Å²) < 4.78 is 24.8. The zero-order valence-electron chi connectivity index (χ0n) is 14.2. The van der Waals surface area contributed by atoms with Crippen LogP contribution in [0.4, 0.5) is 20.2 Å². The monoisotopic (exact) mass is 391 g/mol. The van der Waals surface area contributed by atoms with Gasteiger partial charge >= 0.3 is 0 Å². The fraction of sp³-hybridized carbons (Fsp3) is 0.263. The Morgan fingerprint density at radius 2 is 1.85 bits per heavy atom. The van der Waals surface area contributed by atoms with E-state index in [2.05, 4.69) is 5.32 Å². The van der Waals surface area contributed by atoms with Crippen LogP contribution in [0.3, 0.4) is 0 Å². The van der Waals surface area contributed by atoms with Crippen LogP contribution in [0.15, 0.2) is 53.4 Å². The number of halogens is 2. The van der Waals surface area contributed by atoms with Gasteiger partial charge in [-0.2, -0.15) is 8.78 Å². The van der Waals surface area contributed by atoms with Crippen LogP contribution in [-0.4, -0.2) is 35.1 Å². The molecule has 1 amide bonds. The SMILES string of the molecule is O=C([O-])[C@H]1CCCN1C(=O)c1ccccc1Nc1ccc(SC(F)F)cc1. The molecule has 0 aromatic heterocycles. The smallest absolute Gasteiger partial charge is 0.288 e. The molecule has 2 aromatic rings. The van der Waals surface area contributed by atoms with Gasteiger partial charge in [-0.15, -0.1) is 0 Å². The van der Waals surface area contributed by atoms with Crippen LogP contribution >= 0.6 is 11.8 Å². The minimum atomic E-state index is -2.49. The third kappa shape index (κ3) is 4.57. The van der Waals surface area contributed by atoms with Crippen molar-refractivity contribution in [3.63, 3.8) is 0 Å². The molecule has 0 aliphatic carbocycles. The van der Waals surface area contributed by atoms with Crippen molar-refractivity contribution in [2.45, 2.75) is 29.5 Å². The topological polar surface area (TPSA) is 72.5 Å². The fourth-order valence-corrected chi connectivity index (χ4v) is 3.56. The van der Waals surface area contributed by atoms with Gasteiger partial charge in [-0.1, -0.05) is 23.9 Å². The van der Waals surface area contributed by atoms with Gasteiger partial charge in [0.25, 0.3) is 11.7 Å². The van der Waals surface area contributed by atoms with Crippen molar-refractivity contribution in [2.75, 3.05) is 11.9 Å². The lowest BCUT2D eigenvalue weighted by Gasteiger charge is -2.26. The largest absolute Gasteiger partial charge is 0.548 e. The molecule has 1 saturated heterocycles. The minimum absolute atomic E-state index is 0.344. The number of nitrogens with zero attached hydrogens (tertiary/aromatic N) is 1. The molecule has 1 heterocycles. The van der Waals surface area contributed by atoms with Gasteiger partial charge in [-0.25, -0.2) is 0 Å². The Kier molecular flexibility index (Phi) is 5.95. The van der Waals surface area contributed by atoms with Gasteiger partial charge in [0.15, 0.2) is 0 Å². The lowest BCUT2D eigenvalue weighted by molar-refractivity contribution is -0.310. The molecule has 1 fully saturated rings. The average molecular weight is 391 g/mol. The van der Waals surface area contributed by atoms with Crippen LogP contribution in [0.2, 0.25) is 0 Å². The van der Waals surface area contributed by atoms with E-state index in [0.717, 1.165) is 0 Å². The van der Waals surface area contributed by atoms with E-state index in [9.17, 15) is 23.5 Å². The van der Waals surface area contributed by atoms with E-state index in [4.69, 9.17) is 0 Å². The number of likely N-dealkylation sites (tertiary alicyclic amines) is 1. The summed E-state index contributed by atoms with van der Waals surface area (Å²) >= 11 is 0.458. The van der Waals surface area contributed by atoms with Gasteiger partial charge in [-0.3, -0.25) is 4.79 Å². The summed E-state index contributed by atoms with van der Waals surface area (Å²) in [7, 11) is 0. The highest BCUT2D eigenvalue weighted by molar-refractivity contribution is 7.99. The van der Waals surface area contributed by atoms with Gasteiger partial charge in [0, 0.05) is 17.1 Å². The van der Waals surface area contributed by atoms with Gasteiger partial charge in [0.05, 0.1) is 23.3 Å². The number of nitrogens with one attached hydrogen (secondary N) is 1. The molecule has 1 aliphatic heterocycles. The first-order valence-electron chi connectivity index (χ1n) is 8.38. The Bertz CT molecular complexity index is 830. The van der Waals surface area contributed by atoms with Crippen molar-refractivity contribution in [1.29, 1.82) is 0 Å². The number of alkyl halides is 2. The third-order valence-corrected chi connectivity index (χ3v) is 5.02. The number of carbonyl (C=O) groups is 2. The Morgan fingerprint density at radius 1 is 1.15 bits per heavy atom. The van der Waals surface area contributed by atoms with E-state index in [-0.39, 0.29) is 5.91 Å². The lowest BCUT2D eigenvalue weighted by atomic mass is 10.1. The molecule has 3 rings (SSSR count). The van der Waals surface area contributed by atoms with Crippen LogP contribution in [0.25, 0.3) is 0 Å². The molecule has 0 radical (unpaired) electrons. The van der Waals surface area contributed by atoms with Gasteiger partial charge in [-0.05, 0) is 49.2 Å². The normalized spacial score (nSPS) is 16.6. The summed E-state index contributed by atoms with van der Waals surface area (Å²) in [5.41, 5.74) is 1.49. The highest BCUT2D eigenvalue weighted by atomic mass is 32.2. The van der Waals surface area contributed by atoms with Gasteiger partial charge in [0.2, 0.25) is 0 Å². The molecule has 1 atom stereocenters. The highest BCUT2D eigenvalue weighted by Crippen LogP contribution is 2.29. The molecule has 2 aromatic carbocycles. The molecule has 8 heteroatoms. The van der Waals surface area contributed by atoms with Crippen molar-refractivity contribution in [3.8, 4) is 0 Å². The Morgan fingerprint density at radius 3 is 2.52 bits per heavy atom. The maximum Gasteiger partial charge on any atom is 0.288 e. The molecule has 1 N–H and O–H groups in total. The average Bonchev–Trinajstić information content (AvgIpc) is 3.13. The van der Waals surface area contributed by atoms with Crippen molar-refractivity contribution in [1.82, 2.24) is 4.90 Å². The number of hydrogen-bond acceptors (Lipinski definition) is 5. The maximum absolute atomic E-state index is 12.9. The van der Waals surface area contributed by atoms with E-state index >= 15 is 0 Å². The molecule has 27 heavy (non-hydrogen) atoms. The maximum atomic E-state index is 12.9. The number of benzene rings is 2. The first kappa shape index (κ1) is 19.2. The summed E-state index contributed by atoms with van der Waals surface area (Å²) in [6.07, 6.45) is 0.996. The number of thioether (sulfide) groups is 1. The summed E-state index contributed by atoms with van der Waals surface area (Å²) in [5, 5.41) is 14.4. The number of rotatable bonds is 6. The van der Waals surface area contributed by atoms with E-state index in [1.165, 1.54) is 4.90 Å². The summed E-state index contributed by atoms with van der Waals surface area (Å²) in [4.78, 5) is 25.9. The van der Waals surface area contributed by atoms with Crippen molar-refractivity contribution >= 4 is 35.0 Å². The molecule has 142 valence electrons. The number of hydrogen-bond donors (Lipinski definition) is 1. The van der Waals surface area contributed by atoms with Crippen molar-refractivity contribution in [2.24, 2.45) is 0 Å². The quantitative estimate of drug-likeness (QED) is 0.766. The number of amides is 1. The van der Waals surface area contributed by atoms with Crippen LogP contribution < -0.4 is 10.4 Å². The van der Waals surface area contributed by atoms with Crippen LogP contribution in [-0.2, 0) is 4.79 Å². The van der Waals surface area contributed by atoms with Crippen molar-refractivity contribution in [3.05, 3.63) is 54.1 Å². The Hall–Kier alpha value is -2.61. The number of carboxylic acid groups (broad SMARTS) is 1. The Balaban J connectivity index is 1.80. The predicted octanol–water partition coefficient (Wildman–Crippen LogP) is 3.10. The molecule has 0 bridgehead atoms. The molecular formula is C19H17F2N2O3S-. The molecule has 5 nitrogen and oxygen atoms in total. The fourth-order valence-electron chi connectivity index (χ4n) is 3.06. The lowest BCUT2D eigenvalue weighted by Crippen LogP contribution is -2.47.